The standard InChI is InChI=1S/C23H37N3O3/c1-16(2)20(26-10-8-17(3)9-11-26)15-24-23(27)25-18(4)19-6-7-21-22(14-19)29-13-5-12-28-21/h6-7,14,16-18,20H,5,8-13,15H2,1-4H3,(H2,24,25,27). The number of hydrogen-bond acceptors (Lipinski definition) is 4. The minimum atomic E-state index is -0.124. The number of amides is 2. The topological polar surface area (TPSA) is 62.8 Å². The maximum atomic E-state index is 12.5. The number of nitrogens with zero attached hydrogens (tertiary/aromatic N) is 1. The molecular weight excluding hydrogens is 366 g/mol. The van der Waals surface area contributed by atoms with Gasteiger partial charge in [-0.1, -0.05) is 26.8 Å². The number of hydrogen-bond donors (Lipinski definition) is 2. The fraction of sp³-hybridized carbons (Fsp3) is 0.696. The number of carbonyl (C=O) groups excluding carboxylic acids is 1. The van der Waals surface area contributed by atoms with Crippen molar-refractivity contribution in [2.24, 2.45) is 11.8 Å². The highest BCUT2D eigenvalue weighted by Crippen LogP contribution is 2.32. The average Bonchev–Trinajstić information content (AvgIpc) is 2.94. The minimum absolute atomic E-state index is 0.111. The Morgan fingerprint density at radius 2 is 1.83 bits per heavy atom. The summed E-state index contributed by atoms with van der Waals surface area (Å²) in [5.74, 6) is 2.85. The molecule has 2 N–H and O–H groups in total. The van der Waals surface area contributed by atoms with Crippen LogP contribution in [0.5, 0.6) is 11.5 Å². The van der Waals surface area contributed by atoms with E-state index >= 15 is 0 Å². The van der Waals surface area contributed by atoms with Crippen molar-refractivity contribution in [3.63, 3.8) is 0 Å². The van der Waals surface area contributed by atoms with E-state index in [0.717, 1.165) is 42.5 Å². The predicted molar refractivity (Wildman–Crippen MR) is 116 cm³/mol. The van der Waals surface area contributed by atoms with Crippen molar-refractivity contribution < 1.29 is 14.3 Å². The number of nitrogens with one attached hydrogen (secondary N) is 2. The zero-order valence-corrected chi connectivity index (χ0v) is 18.4. The number of carbonyl (C=O) groups is 1. The van der Waals surface area contributed by atoms with Crippen LogP contribution in [-0.4, -0.2) is 49.8 Å². The molecule has 1 saturated heterocycles. The van der Waals surface area contributed by atoms with Crippen LogP contribution >= 0.6 is 0 Å². The maximum Gasteiger partial charge on any atom is 0.315 e. The second-order valence-electron chi connectivity index (χ2n) is 8.86. The van der Waals surface area contributed by atoms with Crippen molar-refractivity contribution in [3.05, 3.63) is 23.8 Å². The molecule has 0 bridgehead atoms. The Morgan fingerprint density at radius 3 is 2.52 bits per heavy atom. The second kappa shape index (κ2) is 10.2. The molecule has 0 aliphatic carbocycles. The molecule has 6 nitrogen and oxygen atoms in total. The molecule has 2 amide bonds. The Morgan fingerprint density at radius 1 is 1.14 bits per heavy atom. The minimum Gasteiger partial charge on any atom is -0.490 e. The van der Waals surface area contributed by atoms with Crippen molar-refractivity contribution in [2.75, 3.05) is 32.8 Å². The summed E-state index contributed by atoms with van der Waals surface area (Å²) in [5, 5.41) is 6.16. The number of ether oxygens (including phenoxy) is 2. The van der Waals surface area contributed by atoms with Gasteiger partial charge in [-0.3, -0.25) is 4.90 Å². The van der Waals surface area contributed by atoms with E-state index in [1.165, 1.54) is 12.8 Å². The number of benzene rings is 1. The first-order valence-corrected chi connectivity index (χ1v) is 11.1. The van der Waals surface area contributed by atoms with E-state index < -0.39 is 0 Å². The lowest BCUT2D eigenvalue weighted by Gasteiger charge is -2.39. The summed E-state index contributed by atoms with van der Waals surface area (Å²) in [6, 6.07) is 6.03. The first-order valence-electron chi connectivity index (χ1n) is 11.1. The third kappa shape index (κ3) is 6.01. The molecule has 3 rings (SSSR count). The summed E-state index contributed by atoms with van der Waals surface area (Å²) in [6.07, 6.45) is 3.38. The molecule has 2 aliphatic rings. The highest BCUT2D eigenvalue weighted by Gasteiger charge is 2.26. The van der Waals surface area contributed by atoms with Gasteiger partial charge in [-0.2, -0.15) is 0 Å². The zero-order chi connectivity index (χ0) is 20.8. The smallest absolute Gasteiger partial charge is 0.315 e. The molecule has 0 aromatic heterocycles. The zero-order valence-electron chi connectivity index (χ0n) is 18.4. The van der Waals surface area contributed by atoms with E-state index in [9.17, 15) is 4.79 Å². The van der Waals surface area contributed by atoms with Crippen molar-refractivity contribution >= 4 is 6.03 Å². The van der Waals surface area contributed by atoms with Gasteiger partial charge in [0.1, 0.15) is 0 Å². The molecule has 1 fully saturated rings. The first kappa shape index (κ1) is 21.8. The van der Waals surface area contributed by atoms with E-state index in [-0.39, 0.29) is 12.1 Å². The van der Waals surface area contributed by atoms with E-state index in [1.54, 1.807) is 0 Å². The summed E-state index contributed by atoms with van der Waals surface area (Å²) in [6.45, 7) is 13.1. The van der Waals surface area contributed by atoms with Crippen LogP contribution in [0.3, 0.4) is 0 Å². The molecule has 0 saturated carbocycles. The molecule has 0 radical (unpaired) electrons. The summed E-state index contributed by atoms with van der Waals surface area (Å²) in [7, 11) is 0. The fourth-order valence-corrected chi connectivity index (χ4v) is 4.12. The van der Waals surface area contributed by atoms with Crippen LogP contribution in [0.2, 0.25) is 0 Å². The lowest BCUT2D eigenvalue weighted by atomic mass is 9.94. The molecule has 2 atom stereocenters. The molecule has 162 valence electrons. The molecular formula is C23H37N3O3. The molecule has 0 spiro atoms. The first-order chi connectivity index (χ1) is 13.9. The van der Waals surface area contributed by atoms with Gasteiger partial charge in [0, 0.05) is 19.0 Å². The van der Waals surface area contributed by atoms with Crippen molar-refractivity contribution in [1.82, 2.24) is 15.5 Å². The number of urea groups is 1. The van der Waals surface area contributed by atoms with Gasteiger partial charge in [0.05, 0.1) is 19.3 Å². The Hall–Kier alpha value is -1.95. The van der Waals surface area contributed by atoms with Gasteiger partial charge in [-0.25, -0.2) is 4.79 Å². The van der Waals surface area contributed by atoms with Crippen LogP contribution in [-0.2, 0) is 0 Å². The van der Waals surface area contributed by atoms with E-state index in [2.05, 4.69) is 36.3 Å². The lowest BCUT2D eigenvalue weighted by Crippen LogP contribution is -2.51. The van der Waals surface area contributed by atoms with E-state index in [4.69, 9.17) is 9.47 Å². The quantitative estimate of drug-likeness (QED) is 0.755. The number of rotatable bonds is 6. The third-order valence-electron chi connectivity index (χ3n) is 6.15. The van der Waals surface area contributed by atoms with Crippen LogP contribution < -0.4 is 20.1 Å². The Kier molecular flexibility index (Phi) is 7.64. The summed E-state index contributed by atoms with van der Waals surface area (Å²) >= 11 is 0. The maximum absolute atomic E-state index is 12.5. The Labute approximate surface area is 175 Å². The van der Waals surface area contributed by atoms with E-state index in [1.807, 2.05) is 25.1 Å². The third-order valence-corrected chi connectivity index (χ3v) is 6.15. The van der Waals surface area contributed by atoms with E-state index in [0.29, 0.717) is 31.7 Å². The Bertz CT molecular complexity index is 671. The predicted octanol–water partition coefficient (Wildman–Crippen LogP) is 3.96. The second-order valence-corrected chi connectivity index (χ2v) is 8.86. The molecule has 2 unspecified atom stereocenters. The molecule has 2 aliphatic heterocycles. The fourth-order valence-electron chi connectivity index (χ4n) is 4.12. The molecule has 2 heterocycles. The lowest BCUT2D eigenvalue weighted by molar-refractivity contribution is 0.108. The Balaban J connectivity index is 1.52. The van der Waals surface area contributed by atoms with Crippen molar-refractivity contribution in [1.29, 1.82) is 0 Å². The summed E-state index contributed by atoms with van der Waals surface area (Å²) < 4.78 is 11.5. The van der Waals surface area contributed by atoms with Gasteiger partial charge in [0.15, 0.2) is 11.5 Å². The molecule has 6 heteroatoms. The monoisotopic (exact) mass is 403 g/mol. The van der Waals surface area contributed by atoms with Gasteiger partial charge < -0.3 is 20.1 Å². The highest BCUT2D eigenvalue weighted by molar-refractivity contribution is 5.74. The van der Waals surface area contributed by atoms with Crippen LogP contribution in [0, 0.1) is 11.8 Å². The van der Waals surface area contributed by atoms with Gasteiger partial charge in [0.2, 0.25) is 0 Å². The van der Waals surface area contributed by atoms with Gasteiger partial charge in [0.25, 0.3) is 0 Å². The van der Waals surface area contributed by atoms with Crippen molar-refractivity contribution in [2.45, 2.75) is 59.0 Å². The summed E-state index contributed by atoms with van der Waals surface area (Å²) in [5.41, 5.74) is 1.01. The normalized spacial score (nSPS) is 20.0. The largest absolute Gasteiger partial charge is 0.490 e. The highest BCUT2D eigenvalue weighted by atomic mass is 16.5. The van der Waals surface area contributed by atoms with Gasteiger partial charge in [-0.15, -0.1) is 0 Å². The van der Waals surface area contributed by atoms with Crippen LogP contribution in [0.1, 0.15) is 58.6 Å². The number of fused-ring (bicyclic) bond motifs is 1. The number of likely N-dealkylation sites (tertiary alicyclic amines) is 1. The number of piperidine rings is 1. The van der Waals surface area contributed by atoms with Gasteiger partial charge >= 0.3 is 6.03 Å². The van der Waals surface area contributed by atoms with Crippen LogP contribution in [0.15, 0.2) is 18.2 Å². The van der Waals surface area contributed by atoms with Crippen LogP contribution in [0.25, 0.3) is 0 Å². The van der Waals surface area contributed by atoms with Crippen LogP contribution in [0.4, 0.5) is 4.79 Å². The molecule has 1 aromatic rings. The SMILES string of the molecule is CC1CCN(C(CNC(=O)NC(C)c2ccc3c(c2)OCCCO3)C(C)C)CC1. The average molecular weight is 404 g/mol. The summed E-state index contributed by atoms with van der Waals surface area (Å²) in [4.78, 5) is 15.1. The van der Waals surface area contributed by atoms with Gasteiger partial charge in [-0.05, 0) is 62.4 Å². The molecule has 29 heavy (non-hydrogen) atoms. The molecule has 1 aromatic carbocycles. The van der Waals surface area contributed by atoms with Crippen molar-refractivity contribution in [3.8, 4) is 11.5 Å².